The van der Waals surface area contributed by atoms with Gasteiger partial charge in [-0.1, -0.05) is 95.2 Å². The van der Waals surface area contributed by atoms with Crippen molar-refractivity contribution in [3.05, 3.63) is 36.5 Å². The van der Waals surface area contributed by atoms with Crippen molar-refractivity contribution in [2.45, 2.75) is 208 Å². The number of ether oxygens (including phenoxy) is 6. The van der Waals surface area contributed by atoms with Crippen LogP contribution in [0.3, 0.4) is 0 Å². The number of carbonyl (C=O) groups is 1. The number of allylic oxidation sites excluding steroid dienone is 5. The van der Waals surface area contributed by atoms with Gasteiger partial charge in [0.15, 0.2) is 18.9 Å². The van der Waals surface area contributed by atoms with Gasteiger partial charge in [0.2, 0.25) is 5.91 Å². The number of aliphatic hydroxyl groups is 11. The van der Waals surface area contributed by atoms with Crippen molar-refractivity contribution in [3.63, 3.8) is 0 Å². The van der Waals surface area contributed by atoms with Crippen LogP contribution in [-0.4, -0.2) is 193 Å². The van der Waals surface area contributed by atoms with Gasteiger partial charge in [-0.15, -0.1) is 0 Å². The van der Waals surface area contributed by atoms with E-state index in [4.69, 9.17) is 28.4 Å². The van der Waals surface area contributed by atoms with Gasteiger partial charge < -0.3 is 89.9 Å². The summed E-state index contributed by atoms with van der Waals surface area (Å²) >= 11 is 0. The molecule has 3 rings (SSSR count). The second-order valence-electron chi connectivity index (χ2n) is 16.5. The Morgan fingerprint density at radius 1 is 0.571 bits per heavy atom. The number of unbranched alkanes of at least 4 members (excludes halogenated alkanes) is 9. The Balaban J connectivity index is 1.62. The first-order chi connectivity index (χ1) is 30.3. The number of hydrogen-bond donors (Lipinski definition) is 12. The Kier molecular flexibility index (Phi) is 26.6. The molecule has 63 heavy (non-hydrogen) atoms. The summed E-state index contributed by atoms with van der Waals surface area (Å²) in [6.07, 6.45) is -2.18. The summed E-state index contributed by atoms with van der Waals surface area (Å²) in [7, 11) is 0. The van der Waals surface area contributed by atoms with Crippen LogP contribution < -0.4 is 5.32 Å². The summed E-state index contributed by atoms with van der Waals surface area (Å²) in [4.78, 5) is 13.0. The first-order valence-electron chi connectivity index (χ1n) is 22.7. The molecule has 0 aliphatic carbocycles. The van der Waals surface area contributed by atoms with E-state index in [1.807, 2.05) is 0 Å². The Bertz CT molecular complexity index is 1320. The molecular formula is C44H77NO18. The number of aliphatic hydroxyl groups excluding tert-OH is 11. The normalized spacial score (nSPS) is 35.2. The molecule has 0 aromatic heterocycles. The standard InChI is InChI=1S/C44H77NO18/c1-3-5-7-9-11-13-14-15-17-19-21-28(49)27(45-32(50)22-20-18-16-12-10-8-6-4-2)26-58-42-38(56)35(53)40(30(24-47)60-42)63-44-39(57)36(54)41(31(25-48)61-44)62-43-37(55)34(52)33(51)29(23-46)59-43/h5,7,13-14,19,21,27-31,33-44,46-49,51-57H,3-4,6,8-12,15-18,20,22-26H2,1-2H3,(H,45,50)/b7-5+,14-13+,21-19+. The van der Waals surface area contributed by atoms with Crippen LogP contribution in [0.25, 0.3) is 0 Å². The second kappa shape index (κ2) is 30.3. The summed E-state index contributed by atoms with van der Waals surface area (Å²) in [5, 5.41) is 119. The van der Waals surface area contributed by atoms with Crippen molar-refractivity contribution < 1.29 is 89.4 Å². The molecule has 19 heteroatoms. The highest BCUT2D eigenvalue weighted by Crippen LogP contribution is 2.33. The highest BCUT2D eigenvalue weighted by atomic mass is 16.8. The predicted octanol–water partition coefficient (Wildman–Crippen LogP) is -0.533. The van der Waals surface area contributed by atoms with E-state index < -0.39 is 124 Å². The lowest BCUT2D eigenvalue weighted by atomic mass is 9.96. The van der Waals surface area contributed by atoms with E-state index in [0.29, 0.717) is 12.8 Å². The van der Waals surface area contributed by atoms with Gasteiger partial charge in [-0.25, -0.2) is 0 Å². The van der Waals surface area contributed by atoms with Gasteiger partial charge in [-0.2, -0.15) is 0 Å². The van der Waals surface area contributed by atoms with Crippen LogP contribution in [0.2, 0.25) is 0 Å². The minimum Gasteiger partial charge on any atom is -0.394 e. The predicted molar refractivity (Wildman–Crippen MR) is 226 cm³/mol. The quantitative estimate of drug-likeness (QED) is 0.0332. The van der Waals surface area contributed by atoms with Crippen molar-refractivity contribution in [2.75, 3.05) is 26.4 Å². The average molecular weight is 908 g/mol. The molecule has 3 heterocycles. The molecule has 1 amide bonds. The molecule has 0 spiro atoms. The van der Waals surface area contributed by atoms with Gasteiger partial charge in [0.1, 0.15) is 73.2 Å². The number of amides is 1. The topological polar surface area (TPSA) is 307 Å². The minimum atomic E-state index is -1.98. The number of carbonyl (C=O) groups excluding carboxylic acids is 1. The lowest BCUT2D eigenvalue weighted by Crippen LogP contribution is -2.66. The lowest BCUT2D eigenvalue weighted by Gasteiger charge is -2.48. The third-order valence-corrected chi connectivity index (χ3v) is 11.4. The van der Waals surface area contributed by atoms with E-state index in [1.54, 1.807) is 12.2 Å². The summed E-state index contributed by atoms with van der Waals surface area (Å²) in [5.41, 5.74) is 0. The van der Waals surface area contributed by atoms with Gasteiger partial charge in [-0.3, -0.25) is 4.79 Å². The van der Waals surface area contributed by atoms with Gasteiger partial charge >= 0.3 is 0 Å². The van der Waals surface area contributed by atoms with Crippen molar-refractivity contribution in [2.24, 2.45) is 0 Å². The van der Waals surface area contributed by atoms with Crippen molar-refractivity contribution in [1.82, 2.24) is 5.32 Å². The Hall–Kier alpha value is -1.99. The Morgan fingerprint density at radius 3 is 1.57 bits per heavy atom. The first-order valence-corrected chi connectivity index (χ1v) is 22.7. The van der Waals surface area contributed by atoms with Crippen LogP contribution in [0.1, 0.15) is 104 Å². The summed E-state index contributed by atoms with van der Waals surface area (Å²) in [6, 6.07) is -0.987. The molecule has 3 fully saturated rings. The maximum absolute atomic E-state index is 13.0. The van der Waals surface area contributed by atoms with Crippen LogP contribution in [0.4, 0.5) is 0 Å². The first kappa shape index (κ1) is 55.3. The number of rotatable bonds is 29. The van der Waals surface area contributed by atoms with E-state index in [-0.39, 0.29) is 18.9 Å². The zero-order chi connectivity index (χ0) is 46.3. The SMILES string of the molecule is CC/C=C/CC/C=C/CC/C=C/C(O)C(COC1OC(CO)C(OC2OC(CO)C(OC3OC(CO)C(O)C(O)C3O)C(O)C2O)C(O)C1O)NC(=O)CCCCCCCCCC. The molecule has 12 N–H and O–H groups in total. The molecule has 0 aromatic rings. The molecule has 366 valence electrons. The highest BCUT2D eigenvalue weighted by molar-refractivity contribution is 5.76. The van der Waals surface area contributed by atoms with Gasteiger partial charge in [0, 0.05) is 6.42 Å². The molecule has 3 saturated heterocycles. The minimum absolute atomic E-state index is 0.231. The van der Waals surface area contributed by atoms with Crippen LogP contribution in [0, 0.1) is 0 Å². The van der Waals surface area contributed by atoms with Crippen molar-refractivity contribution >= 4 is 5.91 Å². The third kappa shape index (κ3) is 17.6. The van der Waals surface area contributed by atoms with Crippen LogP contribution in [0.5, 0.6) is 0 Å². The van der Waals surface area contributed by atoms with Gasteiger partial charge in [0.25, 0.3) is 0 Å². The zero-order valence-corrected chi connectivity index (χ0v) is 36.8. The van der Waals surface area contributed by atoms with Crippen LogP contribution in [-0.2, 0) is 33.2 Å². The molecular weight excluding hydrogens is 830 g/mol. The smallest absolute Gasteiger partial charge is 0.220 e. The van der Waals surface area contributed by atoms with E-state index in [9.17, 15) is 61.0 Å². The summed E-state index contributed by atoms with van der Waals surface area (Å²) in [5.74, 6) is -0.302. The molecule has 17 atom stereocenters. The number of hydrogen-bond acceptors (Lipinski definition) is 18. The fourth-order valence-electron chi connectivity index (χ4n) is 7.58. The highest BCUT2D eigenvalue weighted by Gasteiger charge is 2.53. The van der Waals surface area contributed by atoms with Crippen LogP contribution >= 0.6 is 0 Å². The molecule has 17 unspecified atom stereocenters. The third-order valence-electron chi connectivity index (χ3n) is 11.4. The van der Waals surface area contributed by atoms with Crippen molar-refractivity contribution in [3.8, 4) is 0 Å². The van der Waals surface area contributed by atoms with Gasteiger partial charge in [-0.05, 0) is 38.5 Å². The fraction of sp³-hybridized carbons (Fsp3) is 0.841. The van der Waals surface area contributed by atoms with E-state index >= 15 is 0 Å². The molecule has 0 radical (unpaired) electrons. The van der Waals surface area contributed by atoms with Crippen molar-refractivity contribution in [1.29, 1.82) is 0 Å². The van der Waals surface area contributed by atoms with E-state index in [2.05, 4.69) is 43.5 Å². The molecule has 0 saturated carbocycles. The fourth-order valence-corrected chi connectivity index (χ4v) is 7.58. The Morgan fingerprint density at radius 2 is 1.03 bits per heavy atom. The monoisotopic (exact) mass is 908 g/mol. The van der Waals surface area contributed by atoms with E-state index in [1.165, 1.54) is 19.3 Å². The molecule has 3 aliphatic heterocycles. The molecule has 3 aliphatic rings. The molecule has 0 aromatic carbocycles. The lowest BCUT2D eigenvalue weighted by molar-refractivity contribution is -0.379. The maximum Gasteiger partial charge on any atom is 0.220 e. The van der Waals surface area contributed by atoms with Crippen LogP contribution in [0.15, 0.2) is 36.5 Å². The molecule has 0 bridgehead atoms. The maximum atomic E-state index is 13.0. The zero-order valence-electron chi connectivity index (χ0n) is 36.8. The van der Waals surface area contributed by atoms with E-state index in [0.717, 1.165) is 51.4 Å². The summed E-state index contributed by atoms with van der Waals surface area (Å²) in [6.45, 7) is 1.45. The average Bonchev–Trinajstić information content (AvgIpc) is 3.28. The second-order valence-corrected chi connectivity index (χ2v) is 16.5. The van der Waals surface area contributed by atoms with Gasteiger partial charge in [0.05, 0.1) is 38.6 Å². The largest absolute Gasteiger partial charge is 0.394 e. The molecule has 19 nitrogen and oxygen atoms in total. The Labute approximate surface area is 370 Å². The summed E-state index contributed by atoms with van der Waals surface area (Å²) < 4.78 is 33.9. The number of nitrogens with one attached hydrogen (secondary N) is 1.